The maximum absolute atomic E-state index is 9.72. The molecule has 7 heteroatoms. The van der Waals surface area contributed by atoms with Crippen molar-refractivity contribution in [3.8, 4) is 5.75 Å². The average Bonchev–Trinajstić information content (AvgIpc) is 3.10. The van der Waals surface area contributed by atoms with Crippen LogP contribution in [-0.4, -0.2) is 58.4 Å². The largest absolute Gasteiger partial charge is 0.489 e. The van der Waals surface area contributed by atoms with Crippen LogP contribution in [0.2, 0.25) is 0 Å². The van der Waals surface area contributed by atoms with E-state index in [0.717, 1.165) is 56.4 Å². The van der Waals surface area contributed by atoms with E-state index in [1.807, 2.05) is 18.2 Å². The SMILES string of the molecule is O[C@H]1CCN(c2ccnc(N3CCC(Oc4cccnc4)CC3)n2)C1. The molecule has 0 saturated carbocycles. The highest BCUT2D eigenvalue weighted by Gasteiger charge is 2.25. The predicted octanol–water partition coefficient (Wildman–Crippen LogP) is 1.49. The number of β-amino-alcohol motifs (C(OH)–C–C–N with tert-alkyl or cyclic N) is 1. The molecule has 0 unspecified atom stereocenters. The van der Waals surface area contributed by atoms with Gasteiger partial charge >= 0.3 is 0 Å². The first-order chi connectivity index (χ1) is 12.3. The maximum Gasteiger partial charge on any atom is 0.227 e. The van der Waals surface area contributed by atoms with Gasteiger partial charge in [0.05, 0.1) is 12.3 Å². The summed E-state index contributed by atoms with van der Waals surface area (Å²) in [6.45, 7) is 3.24. The van der Waals surface area contributed by atoms with E-state index in [-0.39, 0.29) is 12.2 Å². The number of hydrogen-bond donors (Lipinski definition) is 1. The molecule has 0 bridgehead atoms. The summed E-state index contributed by atoms with van der Waals surface area (Å²) in [5.74, 6) is 2.49. The molecule has 0 aliphatic carbocycles. The van der Waals surface area contributed by atoms with Gasteiger partial charge in [0.2, 0.25) is 5.95 Å². The Labute approximate surface area is 147 Å². The summed E-state index contributed by atoms with van der Waals surface area (Å²) >= 11 is 0. The van der Waals surface area contributed by atoms with E-state index in [1.54, 1.807) is 18.6 Å². The van der Waals surface area contributed by atoms with Crippen LogP contribution >= 0.6 is 0 Å². The monoisotopic (exact) mass is 341 g/mol. The number of aromatic nitrogens is 3. The molecule has 4 heterocycles. The number of aliphatic hydroxyl groups is 1. The van der Waals surface area contributed by atoms with Crippen molar-refractivity contribution in [1.82, 2.24) is 15.0 Å². The van der Waals surface area contributed by atoms with Crippen LogP contribution in [0.3, 0.4) is 0 Å². The molecular formula is C18H23N5O2. The second-order valence-electron chi connectivity index (χ2n) is 6.60. The van der Waals surface area contributed by atoms with Crippen LogP contribution in [-0.2, 0) is 0 Å². The van der Waals surface area contributed by atoms with Gasteiger partial charge in [0.25, 0.3) is 0 Å². The Hall–Kier alpha value is -2.41. The van der Waals surface area contributed by atoms with E-state index in [4.69, 9.17) is 9.72 Å². The second-order valence-corrected chi connectivity index (χ2v) is 6.60. The van der Waals surface area contributed by atoms with Gasteiger partial charge in [0.15, 0.2) is 0 Å². The van der Waals surface area contributed by atoms with Crippen molar-refractivity contribution in [2.45, 2.75) is 31.5 Å². The molecule has 25 heavy (non-hydrogen) atoms. The van der Waals surface area contributed by atoms with E-state index in [2.05, 4.69) is 19.8 Å². The fraction of sp³-hybridized carbons (Fsp3) is 0.500. The molecule has 1 atom stereocenters. The number of rotatable bonds is 4. The number of aliphatic hydroxyl groups excluding tert-OH is 1. The summed E-state index contributed by atoms with van der Waals surface area (Å²) in [6, 6.07) is 5.75. The summed E-state index contributed by atoms with van der Waals surface area (Å²) in [4.78, 5) is 17.6. The van der Waals surface area contributed by atoms with Gasteiger partial charge in [-0.2, -0.15) is 4.98 Å². The van der Waals surface area contributed by atoms with E-state index in [1.165, 1.54) is 0 Å². The Bertz CT molecular complexity index is 691. The summed E-state index contributed by atoms with van der Waals surface area (Å²) in [5.41, 5.74) is 0. The summed E-state index contributed by atoms with van der Waals surface area (Å²) in [5, 5.41) is 9.72. The first-order valence-electron chi connectivity index (χ1n) is 8.85. The van der Waals surface area contributed by atoms with Crippen LogP contribution < -0.4 is 14.5 Å². The molecule has 1 N–H and O–H groups in total. The first kappa shape index (κ1) is 16.1. The Kier molecular flexibility index (Phi) is 4.65. The molecule has 4 rings (SSSR count). The number of ether oxygens (including phenoxy) is 1. The van der Waals surface area contributed by atoms with Gasteiger partial charge < -0.3 is 19.6 Å². The van der Waals surface area contributed by atoms with Gasteiger partial charge in [0.1, 0.15) is 17.7 Å². The molecule has 0 aromatic carbocycles. The number of nitrogens with zero attached hydrogens (tertiary/aromatic N) is 5. The topological polar surface area (TPSA) is 74.6 Å². The quantitative estimate of drug-likeness (QED) is 0.903. The van der Waals surface area contributed by atoms with Crippen molar-refractivity contribution in [1.29, 1.82) is 0 Å². The molecule has 2 saturated heterocycles. The lowest BCUT2D eigenvalue weighted by molar-refractivity contribution is 0.170. The van der Waals surface area contributed by atoms with Crippen LogP contribution in [0.4, 0.5) is 11.8 Å². The maximum atomic E-state index is 9.72. The minimum absolute atomic E-state index is 0.206. The molecule has 2 aromatic heterocycles. The average molecular weight is 341 g/mol. The third kappa shape index (κ3) is 3.82. The Morgan fingerprint density at radius 1 is 1.04 bits per heavy atom. The van der Waals surface area contributed by atoms with Gasteiger partial charge in [-0.15, -0.1) is 0 Å². The van der Waals surface area contributed by atoms with Crippen molar-refractivity contribution in [2.24, 2.45) is 0 Å². The lowest BCUT2D eigenvalue weighted by Crippen LogP contribution is -2.39. The number of pyridine rings is 1. The molecule has 0 spiro atoms. The number of piperidine rings is 1. The normalized spacial score (nSPS) is 21.6. The van der Waals surface area contributed by atoms with Gasteiger partial charge in [-0.05, 0) is 24.6 Å². The van der Waals surface area contributed by atoms with Gasteiger partial charge in [-0.25, -0.2) is 4.98 Å². The third-order valence-corrected chi connectivity index (χ3v) is 4.78. The fourth-order valence-corrected chi connectivity index (χ4v) is 3.40. The van der Waals surface area contributed by atoms with E-state index < -0.39 is 0 Å². The highest BCUT2D eigenvalue weighted by Crippen LogP contribution is 2.23. The van der Waals surface area contributed by atoms with Gasteiger partial charge in [-0.3, -0.25) is 4.98 Å². The van der Waals surface area contributed by atoms with Gasteiger partial charge in [0, 0.05) is 51.4 Å². The highest BCUT2D eigenvalue weighted by molar-refractivity contribution is 5.45. The lowest BCUT2D eigenvalue weighted by atomic mass is 10.1. The molecule has 0 amide bonds. The second kappa shape index (κ2) is 7.23. The summed E-state index contributed by atoms with van der Waals surface area (Å²) < 4.78 is 5.99. The Morgan fingerprint density at radius 3 is 2.60 bits per heavy atom. The minimum Gasteiger partial charge on any atom is -0.489 e. The van der Waals surface area contributed by atoms with Crippen molar-refractivity contribution >= 4 is 11.8 Å². The standard InChI is InChI=1S/C18H23N5O2/c24-14-4-9-23(13-14)17-3-8-20-18(21-17)22-10-5-15(6-11-22)25-16-2-1-7-19-12-16/h1-3,7-8,12,14-15,24H,4-6,9-11,13H2/t14-/m0/s1. The van der Waals surface area contributed by atoms with Crippen LogP contribution in [0.5, 0.6) is 5.75 Å². The Morgan fingerprint density at radius 2 is 1.88 bits per heavy atom. The van der Waals surface area contributed by atoms with Crippen LogP contribution in [0.15, 0.2) is 36.8 Å². The zero-order chi connectivity index (χ0) is 17.1. The van der Waals surface area contributed by atoms with Crippen LogP contribution in [0.1, 0.15) is 19.3 Å². The summed E-state index contributed by atoms with van der Waals surface area (Å²) in [7, 11) is 0. The first-order valence-corrected chi connectivity index (χ1v) is 8.85. The van der Waals surface area contributed by atoms with Crippen LogP contribution in [0, 0.1) is 0 Å². The zero-order valence-electron chi connectivity index (χ0n) is 14.2. The van der Waals surface area contributed by atoms with E-state index in [0.29, 0.717) is 6.54 Å². The molecule has 2 aromatic rings. The van der Waals surface area contributed by atoms with Crippen molar-refractivity contribution < 1.29 is 9.84 Å². The lowest BCUT2D eigenvalue weighted by Gasteiger charge is -2.32. The molecular weight excluding hydrogens is 318 g/mol. The molecule has 132 valence electrons. The third-order valence-electron chi connectivity index (χ3n) is 4.78. The molecule has 2 aliphatic heterocycles. The van der Waals surface area contributed by atoms with E-state index in [9.17, 15) is 5.11 Å². The minimum atomic E-state index is -0.251. The fourth-order valence-electron chi connectivity index (χ4n) is 3.40. The zero-order valence-corrected chi connectivity index (χ0v) is 14.2. The Balaban J connectivity index is 1.36. The van der Waals surface area contributed by atoms with Crippen molar-refractivity contribution in [3.05, 3.63) is 36.8 Å². The van der Waals surface area contributed by atoms with Crippen molar-refractivity contribution in [3.63, 3.8) is 0 Å². The smallest absolute Gasteiger partial charge is 0.227 e. The molecule has 0 radical (unpaired) electrons. The van der Waals surface area contributed by atoms with Crippen molar-refractivity contribution in [2.75, 3.05) is 36.0 Å². The molecule has 2 fully saturated rings. The molecule has 7 nitrogen and oxygen atoms in total. The highest BCUT2D eigenvalue weighted by atomic mass is 16.5. The number of anilines is 2. The predicted molar refractivity (Wildman–Crippen MR) is 95.0 cm³/mol. The number of hydrogen-bond acceptors (Lipinski definition) is 7. The van der Waals surface area contributed by atoms with E-state index >= 15 is 0 Å². The summed E-state index contributed by atoms with van der Waals surface area (Å²) in [6.07, 6.45) is 7.94. The van der Waals surface area contributed by atoms with Crippen LogP contribution in [0.25, 0.3) is 0 Å². The molecule has 2 aliphatic rings. The van der Waals surface area contributed by atoms with Gasteiger partial charge in [-0.1, -0.05) is 0 Å².